The number of hydrogen-bond acceptors (Lipinski definition) is 5. The topological polar surface area (TPSA) is 80.7 Å². The van der Waals surface area contributed by atoms with Gasteiger partial charge in [-0.2, -0.15) is 8.42 Å². The molecule has 7 heteroatoms. The highest BCUT2D eigenvalue weighted by molar-refractivity contribution is 7.85. The van der Waals surface area contributed by atoms with Crippen LogP contribution in [0.25, 0.3) is 0 Å². The van der Waals surface area contributed by atoms with Crippen molar-refractivity contribution in [2.24, 2.45) is 5.92 Å². The van der Waals surface area contributed by atoms with Crippen LogP contribution >= 0.6 is 11.3 Å². The molecule has 1 unspecified atom stereocenters. The van der Waals surface area contributed by atoms with Gasteiger partial charge in [0.2, 0.25) is 0 Å². The minimum Gasteiger partial charge on any atom is -0.426 e. The number of hydrogen-bond donors (Lipinski definition) is 1. The Balaban J connectivity index is 2.06. The molecule has 1 atom stereocenters. The fourth-order valence-electron chi connectivity index (χ4n) is 2.17. The van der Waals surface area contributed by atoms with Gasteiger partial charge >= 0.3 is 5.97 Å². The molecular formula is C16H18O5S2. The van der Waals surface area contributed by atoms with E-state index in [1.807, 2.05) is 19.1 Å². The summed E-state index contributed by atoms with van der Waals surface area (Å²) in [6.07, 6.45) is 0.597. The Labute approximate surface area is 139 Å². The molecule has 1 N–H and O–H groups in total. The highest BCUT2D eigenvalue weighted by Crippen LogP contribution is 2.23. The maximum atomic E-state index is 12.1. The Bertz CT molecular complexity index is 821. The summed E-state index contributed by atoms with van der Waals surface area (Å²) in [5.74, 6) is -0.432. The van der Waals surface area contributed by atoms with Crippen LogP contribution in [0, 0.1) is 19.8 Å². The molecule has 2 aromatic rings. The van der Waals surface area contributed by atoms with Crippen molar-refractivity contribution >= 4 is 27.4 Å². The first-order valence-electron chi connectivity index (χ1n) is 7.02. The van der Waals surface area contributed by atoms with E-state index in [4.69, 9.17) is 9.29 Å². The zero-order chi connectivity index (χ0) is 17.2. The molecule has 5 nitrogen and oxygen atoms in total. The van der Waals surface area contributed by atoms with Crippen molar-refractivity contribution in [3.63, 3.8) is 0 Å². The standard InChI is InChI=1S/C16H18O5S2/c1-10-8-13(5-7-15(10)23(18,19)20)21-16(17)11(2)9-14-6-4-12(3)22-14/h4-8,11H,9H2,1-3H3,(H,18,19,20). The fourth-order valence-corrected chi connectivity index (χ4v) is 3.90. The maximum Gasteiger partial charge on any atom is 0.314 e. The Morgan fingerprint density at radius 2 is 1.96 bits per heavy atom. The number of carbonyl (C=O) groups is 1. The highest BCUT2D eigenvalue weighted by Gasteiger charge is 2.19. The molecule has 0 saturated heterocycles. The smallest absolute Gasteiger partial charge is 0.314 e. The van der Waals surface area contributed by atoms with Gasteiger partial charge in [0.1, 0.15) is 5.75 Å². The van der Waals surface area contributed by atoms with Crippen LogP contribution in [-0.2, 0) is 21.3 Å². The average molecular weight is 354 g/mol. The molecule has 0 radical (unpaired) electrons. The van der Waals surface area contributed by atoms with Crippen molar-refractivity contribution in [1.82, 2.24) is 0 Å². The van der Waals surface area contributed by atoms with Crippen LogP contribution in [0.5, 0.6) is 5.75 Å². The number of rotatable bonds is 5. The predicted molar refractivity (Wildman–Crippen MR) is 88.6 cm³/mol. The molecule has 124 valence electrons. The van der Waals surface area contributed by atoms with Crippen LogP contribution in [0.15, 0.2) is 35.2 Å². The maximum absolute atomic E-state index is 12.1. The normalized spacial score (nSPS) is 12.9. The molecule has 0 saturated carbocycles. The van der Waals surface area contributed by atoms with Gasteiger partial charge < -0.3 is 4.74 Å². The van der Waals surface area contributed by atoms with E-state index in [1.54, 1.807) is 18.3 Å². The third-order valence-electron chi connectivity index (χ3n) is 3.35. The first kappa shape index (κ1) is 17.7. The summed E-state index contributed by atoms with van der Waals surface area (Å²) < 4.78 is 36.7. The first-order chi connectivity index (χ1) is 10.7. The zero-order valence-corrected chi connectivity index (χ0v) is 14.7. The fraction of sp³-hybridized carbons (Fsp3) is 0.312. The van der Waals surface area contributed by atoms with E-state index < -0.39 is 10.1 Å². The van der Waals surface area contributed by atoms with E-state index in [1.165, 1.54) is 30.0 Å². The molecule has 0 aliphatic carbocycles. The van der Waals surface area contributed by atoms with Crippen molar-refractivity contribution in [2.45, 2.75) is 32.1 Å². The summed E-state index contributed by atoms with van der Waals surface area (Å²) in [5, 5.41) is 0. The summed E-state index contributed by atoms with van der Waals surface area (Å²) in [5.41, 5.74) is 0.319. The highest BCUT2D eigenvalue weighted by atomic mass is 32.2. The summed E-state index contributed by atoms with van der Waals surface area (Å²) in [7, 11) is -4.27. The minimum absolute atomic E-state index is 0.195. The largest absolute Gasteiger partial charge is 0.426 e. The number of benzene rings is 1. The predicted octanol–water partition coefficient (Wildman–Crippen LogP) is 3.40. The SMILES string of the molecule is Cc1ccc(CC(C)C(=O)Oc2ccc(S(=O)(=O)O)c(C)c2)s1. The molecule has 1 heterocycles. The second-order valence-electron chi connectivity index (χ2n) is 5.44. The molecule has 1 aromatic heterocycles. The van der Waals surface area contributed by atoms with Gasteiger partial charge in [-0.05, 0) is 56.2 Å². The molecule has 1 aromatic carbocycles. The van der Waals surface area contributed by atoms with Gasteiger partial charge in [-0.3, -0.25) is 9.35 Å². The lowest BCUT2D eigenvalue weighted by Gasteiger charge is -2.11. The molecule has 0 aliphatic heterocycles. The minimum atomic E-state index is -4.27. The third kappa shape index (κ3) is 4.63. The lowest BCUT2D eigenvalue weighted by atomic mass is 10.1. The van der Waals surface area contributed by atoms with E-state index in [2.05, 4.69) is 0 Å². The molecule has 0 bridgehead atoms. The molecule has 0 fully saturated rings. The summed E-state index contributed by atoms with van der Waals surface area (Å²) in [6.45, 7) is 5.33. The molecule has 0 spiro atoms. The third-order valence-corrected chi connectivity index (χ3v) is 5.39. The van der Waals surface area contributed by atoms with Crippen molar-refractivity contribution in [2.75, 3.05) is 0 Å². The van der Waals surface area contributed by atoms with Crippen LogP contribution in [0.4, 0.5) is 0 Å². The van der Waals surface area contributed by atoms with Gasteiger partial charge in [-0.25, -0.2) is 0 Å². The number of aryl methyl sites for hydroxylation is 2. The number of ether oxygens (including phenoxy) is 1. The summed E-state index contributed by atoms with van der Waals surface area (Å²) >= 11 is 1.64. The number of esters is 1. The monoisotopic (exact) mass is 354 g/mol. The molecule has 23 heavy (non-hydrogen) atoms. The Kier molecular flexibility index (Phi) is 5.23. The van der Waals surface area contributed by atoms with Crippen LogP contribution in [0.1, 0.15) is 22.2 Å². The van der Waals surface area contributed by atoms with E-state index >= 15 is 0 Å². The summed E-state index contributed by atoms with van der Waals surface area (Å²) in [6, 6.07) is 8.00. The average Bonchev–Trinajstić information content (AvgIpc) is 2.82. The lowest BCUT2D eigenvalue weighted by molar-refractivity contribution is -0.138. The second kappa shape index (κ2) is 6.82. The number of carbonyl (C=O) groups excluding carboxylic acids is 1. The van der Waals surface area contributed by atoms with E-state index in [9.17, 15) is 13.2 Å². The van der Waals surface area contributed by atoms with Gasteiger partial charge in [-0.15, -0.1) is 11.3 Å². The zero-order valence-electron chi connectivity index (χ0n) is 13.1. The van der Waals surface area contributed by atoms with E-state index in [-0.39, 0.29) is 22.5 Å². The second-order valence-corrected chi connectivity index (χ2v) is 8.20. The number of thiophene rings is 1. The molecule has 0 amide bonds. The van der Waals surface area contributed by atoms with Crippen LogP contribution in [0.2, 0.25) is 0 Å². The van der Waals surface area contributed by atoms with Crippen LogP contribution < -0.4 is 4.74 Å². The van der Waals surface area contributed by atoms with E-state index in [0.717, 1.165) is 4.88 Å². The van der Waals surface area contributed by atoms with Gasteiger partial charge in [0, 0.05) is 9.75 Å². The van der Waals surface area contributed by atoms with Gasteiger partial charge in [0.05, 0.1) is 10.8 Å². The van der Waals surface area contributed by atoms with Crippen molar-refractivity contribution < 1.29 is 22.5 Å². The van der Waals surface area contributed by atoms with E-state index in [0.29, 0.717) is 12.0 Å². The summed E-state index contributed by atoms with van der Waals surface area (Å²) in [4.78, 5) is 14.2. The van der Waals surface area contributed by atoms with Gasteiger partial charge in [0.25, 0.3) is 10.1 Å². The Morgan fingerprint density at radius 3 is 2.48 bits per heavy atom. The van der Waals surface area contributed by atoms with Crippen molar-refractivity contribution in [3.05, 3.63) is 45.6 Å². The molecule has 2 rings (SSSR count). The first-order valence-corrected chi connectivity index (χ1v) is 9.27. The Hall–Kier alpha value is -1.70. The lowest BCUT2D eigenvalue weighted by Crippen LogP contribution is -2.19. The Morgan fingerprint density at radius 1 is 1.26 bits per heavy atom. The molecular weight excluding hydrogens is 336 g/mol. The van der Waals surface area contributed by atoms with Crippen LogP contribution in [0.3, 0.4) is 0 Å². The van der Waals surface area contributed by atoms with Gasteiger partial charge in [0.15, 0.2) is 0 Å². The van der Waals surface area contributed by atoms with Crippen LogP contribution in [-0.4, -0.2) is 18.9 Å². The molecule has 0 aliphatic rings. The quantitative estimate of drug-likeness (QED) is 0.506. The van der Waals surface area contributed by atoms with Crippen molar-refractivity contribution in [1.29, 1.82) is 0 Å². The van der Waals surface area contributed by atoms with Crippen molar-refractivity contribution in [3.8, 4) is 5.75 Å². The van der Waals surface area contributed by atoms with Gasteiger partial charge in [-0.1, -0.05) is 6.92 Å².